The minimum absolute atomic E-state index is 0.155. The van der Waals surface area contributed by atoms with Crippen LogP contribution >= 0.6 is 0 Å². The van der Waals surface area contributed by atoms with Crippen molar-refractivity contribution in [3.8, 4) is 0 Å². The van der Waals surface area contributed by atoms with E-state index in [-0.39, 0.29) is 5.73 Å². The lowest BCUT2D eigenvalue weighted by Gasteiger charge is -2.33. The molecule has 0 fully saturated rings. The first-order valence-corrected chi connectivity index (χ1v) is 7.52. The molecule has 0 aliphatic heterocycles. The topological polar surface area (TPSA) is 27.7 Å². The van der Waals surface area contributed by atoms with Crippen LogP contribution in [0.4, 0.5) is 0 Å². The standard InChI is InChI=1S/C10H24O3Si/c1-6-9-13-10(7-2)14(8-3,11-4)12-5/h10H,6-9H2,1-5H3. The fourth-order valence-corrected chi connectivity index (χ4v) is 4.40. The van der Waals surface area contributed by atoms with Gasteiger partial charge in [-0.25, -0.2) is 0 Å². The molecule has 3 nitrogen and oxygen atoms in total. The van der Waals surface area contributed by atoms with Crippen LogP contribution in [0.3, 0.4) is 0 Å². The molecule has 0 aliphatic rings. The lowest BCUT2D eigenvalue weighted by Crippen LogP contribution is -2.52. The Hall–Kier alpha value is 0.0969. The molecule has 4 heteroatoms. The van der Waals surface area contributed by atoms with E-state index in [2.05, 4.69) is 20.8 Å². The molecule has 0 aliphatic carbocycles. The highest BCUT2D eigenvalue weighted by Crippen LogP contribution is 2.21. The molecular weight excluding hydrogens is 196 g/mol. The maximum atomic E-state index is 5.79. The second-order valence-corrected chi connectivity index (χ2v) is 7.13. The molecule has 0 aromatic rings. The molecule has 1 atom stereocenters. The van der Waals surface area contributed by atoms with Crippen molar-refractivity contribution in [2.75, 3.05) is 20.8 Å². The van der Waals surface area contributed by atoms with Crippen molar-refractivity contribution < 1.29 is 13.6 Å². The van der Waals surface area contributed by atoms with Crippen LogP contribution in [0.5, 0.6) is 0 Å². The summed E-state index contributed by atoms with van der Waals surface area (Å²) < 4.78 is 16.9. The molecule has 14 heavy (non-hydrogen) atoms. The molecular formula is C10H24O3Si. The zero-order chi connectivity index (χ0) is 11.0. The molecule has 0 spiro atoms. The van der Waals surface area contributed by atoms with E-state index in [0.29, 0.717) is 0 Å². The van der Waals surface area contributed by atoms with Gasteiger partial charge in [0.25, 0.3) is 0 Å². The minimum Gasteiger partial charge on any atom is -0.396 e. The fourth-order valence-electron chi connectivity index (χ4n) is 1.68. The summed E-state index contributed by atoms with van der Waals surface area (Å²) in [5.74, 6) is 0. The average Bonchev–Trinajstić information content (AvgIpc) is 2.25. The van der Waals surface area contributed by atoms with Gasteiger partial charge in [-0.3, -0.25) is 0 Å². The van der Waals surface area contributed by atoms with Crippen molar-refractivity contribution in [2.24, 2.45) is 0 Å². The van der Waals surface area contributed by atoms with Gasteiger partial charge in [-0.1, -0.05) is 20.8 Å². The predicted octanol–water partition coefficient (Wildman–Crippen LogP) is 2.49. The molecule has 1 unspecified atom stereocenters. The van der Waals surface area contributed by atoms with Crippen molar-refractivity contribution >= 4 is 8.56 Å². The van der Waals surface area contributed by atoms with Crippen LogP contribution in [-0.2, 0) is 13.6 Å². The van der Waals surface area contributed by atoms with E-state index in [1.165, 1.54) is 0 Å². The first-order valence-electron chi connectivity index (χ1n) is 5.42. The van der Waals surface area contributed by atoms with Gasteiger partial charge < -0.3 is 13.6 Å². The number of rotatable bonds is 8. The quantitative estimate of drug-likeness (QED) is 0.588. The Labute approximate surface area is 89.0 Å². The van der Waals surface area contributed by atoms with Crippen LogP contribution in [0.2, 0.25) is 6.04 Å². The summed E-state index contributed by atoms with van der Waals surface area (Å²) in [6, 6.07) is 0.933. The third-order valence-electron chi connectivity index (χ3n) is 2.57. The summed E-state index contributed by atoms with van der Waals surface area (Å²) in [6.45, 7) is 7.13. The Kier molecular flexibility index (Phi) is 7.45. The Morgan fingerprint density at radius 3 is 1.93 bits per heavy atom. The predicted molar refractivity (Wildman–Crippen MR) is 60.6 cm³/mol. The first kappa shape index (κ1) is 14.1. The van der Waals surface area contributed by atoms with Gasteiger partial charge in [0.2, 0.25) is 0 Å². The highest BCUT2D eigenvalue weighted by molar-refractivity contribution is 6.68. The lowest BCUT2D eigenvalue weighted by molar-refractivity contribution is 0.0560. The van der Waals surface area contributed by atoms with Crippen molar-refractivity contribution in [2.45, 2.75) is 45.4 Å². The Morgan fingerprint density at radius 2 is 1.64 bits per heavy atom. The van der Waals surface area contributed by atoms with Crippen LogP contribution in [-0.4, -0.2) is 35.1 Å². The molecule has 0 saturated heterocycles. The van der Waals surface area contributed by atoms with Crippen LogP contribution in [0.1, 0.15) is 33.6 Å². The molecule has 0 aromatic carbocycles. The van der Waals surface area contributed by atoms with Crippen LogP contribution in [0, 0.1) is 0 Å². The van der Waals surface area contributed by atoms with Crippen molar-refractivity contribution in [3.05, 3.63) is 0 Å². The molecule has 86 valence electrons. The van der Waals surface area contributed by atoms with Crippen LogP contribution in [0.15, 0.2) is 0 Å². The molecule has 0 amide bonds. The number of hydrogen-bond acceptors (Lipinski definition) is 3. The maximum Gasteiger partial charge on any atom is 0.367 e. The molecule has 0 N–H and O–H groups in total. The summed E-state index contributed by atoms with van der Waals surface area (Å²) in [5, 5.41) is 0. The van der Waals surface area contributed by atoms with E-state index >= 15 is 0 Å². The first-order chi connectivity index (χ1) is 6.70. The Morgan fingerprint density at radius 1 is 1.07 bits per heavy atom. The lowest BCUT2D eigenvalue weighted by atomic mass is 10.5. The van der Waals surface area contributed by atoms with Gasteiger partial charge in [-0.15, -0.1) is 0 Å². The van der Waals surface area contributed by atoms with Gasteiger partial charge in [0.1, 0.15) is 5.73 Å². The second-order valence-electron chi connectivity index (χ2n) is 3.34. The van der Waals surface area contributed by atoms with Gasteiger partial charge in [0, 0.05) is 20.8 Å². The van der Waals surface area contributed by atoms with Crippen molar-refractivity contribution in [3.63, 3.8) is 0 Å². The van der Waals surface area contributed by atoms with E-state index in [1.807, 2.05) is 0 Å². The highest BCUT2D eigenvalue weighted by Gasteiger charge is 2.42. The van der Waals surface area contributed by atoms with Gasteiger partial charge in [0.15, 0.2) is 0 Å². The zero-order valence-corrected chi connectivity index (χ0v) is 11.1. The Bertz CT molecular complexity index is 129. The van der Waals surface area contributed by atoms with E-state index in [9.17, 15) is 0 Å². The summed E-state index contributed by atoms with van der Waals surface area (Å²) in [6.07, 6.45) is 2.00. The van der Waals surface area contributed by atoms with Crippen LogP contribution in [0.25, 0.3) is 0 Å². The van der Waals surface area contributed by atoms with Crippen LogP contribution < -0.4 is 0 Å². The minimum atomic E-state index is -2.11. The Balaban J connectivity index is 4.40. The normalized spacial score (nSPS) is 14.4. The third kappa shape index (κ3) is 3.35. The van der Waals surface area contributed by atoms with E-state index in [0.717, 1.165) is 25.5 Å². The molecule has 0 heterocycles. The van der Waals surface area contributed by atoms with Gasteiger partial charge in [-0.05, 0) is 18.9 Å². The van der Waals surface area contributed by atoms with E-state index in [1.54, 1.807) is 14.2 Å². The van der Waals surface area contributed by atoms with Crippen molar-refractivity contribution in [1.29, 1.82) is 0 Å². The monoisotopic (exact) mass is 220 g/mol. The summed E-state index contributed by atoms with van der Waals surface area (Å²) >= 11 is 0. The highest BCUT2D eigenvalue weighted by atomic mass is 28.4. The third-order valence-corrected chi connectivity index (χ3v) is 6.49. The van der Waals surface area contributed by atoms with E-state index in [4.69, 9.17) is 13.6 Å². The SMILES string of the molecule is CCCOC(CC)[Si](CC)(OC)OC. The zero-order valence-electron chi connectivity index (χ0n) is 10.1. The molecule has 0 saturated carbocycles. The maximum absolute atomic E-state index is 5.79. The van der Waals surface area contributed by atoms with Gasteiger partial charge in [-0.2, -0.15) is 0 Å². The fraction of sp³-hybridized carbons (Fsp3) is 1.00. The average molecular weight is 220 g/mol. The van der Waals surface area contributed by atoms with Gasteiger partial charge in [0.05, 0.1) is 0 Å². The molecule has 0 aromatic heterocycles. The molecule has 0 bridgehead atoms. The largest absolute Gasteiger partial charge is 0.396 e. The second kappa shape index (κ2) is 7.40. The number of ether oxygens (including phenoxy) is 1. The van der Waals surface area contributed by atoms with E-state index < -0.39 is 8.56 Å². The summed E-state index contributed by atoms with van der Waals surface area (Å²) in [4.78, 5) is 0. The van der Waals surface area contributed by atoms with Crippen molar-refractivity contribution in [1.82, 2.24) is 0 Å². The number of hydrogen-bond donors (Lipinski definition) is 0. The summed E-state index contributed by atoms with van der Waals surface area (Å²) in [7, 11) is 1.36. The smallest absolute Gasteiger partial charge is 0.367 e. The molecule has 0 radical (unpaired) electrons. The van der Waals surface area contributed by atoms with Gasteiger partial charge >= 0.3 is 8.56 Å². The summed E-state index contributed by atoms with van der Waals surface area (Å²) in [5.41, 5.74) is 0.155. The molecule has 0 rings (SSSR count).